The van der Waals surface area contributed by atoms with Gasteiger partial charge in [-0.1, -0.05) is 6.07 Å². The fraction of sp³-hybridized carbons (Fsp3) is 0.412. The van der Waals surface area contributed by atoms with Crippen LogP contribution in [0, 0.1) is 26.6 Å². The Morgan fingerprint density at radius 1 is 1.05 bits per heavy atom. The largest absolute Gasteiger partial charge is 0.497 e. The number of aliphatic carboxylic acids is 1. The van der Waals surface area contributed by atoms with Gasteiger partial charge in [-0.15, -0.1) is 0 Å². The Labute approximate surface area is 246 Å². The number of carboxylic acid groups (broad SMARTS) is 1. The molecule has 7 nitrogen and oxygen atoms in total. The van der Waals surface area contributed by atoms with Gasteiger partial charge in [0.15, 0.2) is 17.7 Å². The molecule has 5 rings (SSSR count). The highest BCUT2D eigenvalue weighted by atomic mass is 19.1. The van der Waals surface area contributed by atoms with Crippen molar-refractivity contribution in [3.63, 3.8) is 0 Å². The van der Waals surface area contributed by atoms with Crippen LogP contribution in [0.4, 0.5) is 10.1 Å². The summed E-state index contributed by atoms with van der Waals surface area (Å²) in [5.74, 6) is -0.939. The minimum atomic E-state index is -1.30. The first kappa shape index (κ1) is 29.6. The van der Waals surface area contributed by atoms with E-state index in [0.717, 1.165) is 28.7 Å². The maximum atomic E-state index is 15.6. The second-order valence-electron chi connectivity index (χ2n) is 12.1. The average molecular weight is 576 g/mol. The van der Waals surface area contributed by atoms with Crippen LogP contribution in [-0.4, -0.2) is 42.8 Å². The molecule has 1 atom stereocenters. The summed E-state index contributed by atoms with van der Waals surface area (Å²) in [5.41, 5.74) is 6.04. The first-order valence-corrected chi connectivity index (χ1v) is 14.3. The SMILES string of the molecule is COc1ccc(C)c(C(=O)N2CCc3c2cc(C)c([C@H](OC(C)(C)C)C(=O)O)c3-c2cc(F)c3c(c2C)CCCO3)c1. The molecule has 222 valence electrons. The van der Waals surface area contributed by atoms with E-state index in [2.05, 4.69) is 0 Å². The van der Waals surface area contributed by atoms with Crippen LogP contribution >= 0.6 is 0 Å². The van der Waals surface area contributed by atoms with Crippen LogP contribution in [0.2, 0.25) is 0 Å². The summed E-state index contributed by atoms with van der Waals surface area (Å²) in [5, 5.41) is 10.4. The number of methoxy groups -OCH3 is 1. The van der Waals surface area contributed by atoms with E-state index in [0.29, 0.717) is 65.2 Å². The van der Waals surface area contributed by atoms with Gasteiger partial charge in [0, 0.05) is 28.9 Å². The van der Waals surface area contributed by atoms with Crippen molar-refractivity contribution < 1.29 is 33.3 Å². The fourth-order valence-corrected chi connectivity index (χ4v) is 6.16. The van der Waals surface area contributed by atoms with E-state index in [4.69, 9.17) is 14.2 Å². The third kappa shape index (κ3) is 5.24. The van der Waals surface area contributed by atoms with Gasteiger partial charge in [-0.25, -0.2) is 9.18 Å². The monoisotopic (exact) mass is 575 g/mol. The van der Waals surface area contributed by atoms with E-state index in [1.54, 1.807) is 18.1 Å². The minimum absolute atomic E-state index is 0.175. The highest BCUT2D eigenvalue weighted by Gasteiger charge is 2.37. The molecule has 2 aliphatic heterocycles. The summed E-state index contributed by atoms with van der Waals surface area (Å²) in [6, 6.07) is 8.72. The molecule has 2 aliphatic rings. The number of benzene rings is 3. The smallest absolute Gasteiger partial charge is 0.337 e. The maximum absolute atomic E-state index is 15.6. The number of carbonyl (C=O) groups is 2. The average Bonchev–Trinajstić information content (AvgIpc) is 3.36. The summed E-state index contributed by atoms with van der Waals surface area (Å²) in [4.78, 5) is 28.4. The predicted molar refractivity (Wildman–Crippen MR) is 159 cm³/mol. The summed E-state index contributed by atoms with van der Waals surface area (Å²) in [7, 11) is 1.56. The number of rotatable bonds is 6. The number of fused-ring (bicyclic) bond motifs is 2. The topological polar surface area (TPSA) is 85.3 Å². The number of nitrogens with zero attached hydrogens (tertiary/aromatic N) is 1. The molecule has 0 saturated carbocycles. The molecule has 0 aliphatic carbocycles. The van der Waals surface area contributed by atoms with Crippen LogP contribution in [0.1, 0.15) is 77.0 Å². The summed E-state index contributed by atoms with van der Waals surface area (Å²) in [6.07, 6.45) is 0.604. The van der Waals surface area contributed by atoms with Crippen molar-refractivity contribution in [2.75, 3.05) is 25.2 Å². The Bertz CT molecular complexity index is 1590. The summed E-state index contributed by atoms with van der Waals surface area (Å²) < 4.78 is 32.8. The van der Waals surface area contributed by atoms with Gasteiger partial charge in [-0.2, -0.15) is 0 Å². The van der Waals surface area contributed by atoms with Gasteiger partial charge in [0.25, 0.3) is 5.91 Å². The van der Waals surface area contributed by atoms with Crippen molar-refractivity contribution in [3.05, 3.63) is 75.1 Å². The number of carbonyl (C=O) groups excluding carboxylic acids is 1. The Hall–Kier alpha value is -3.91. The van der Waals surface area contributed by atoms with Gasteiger partial charge in [0.05, 0.1) is 19.3 Å². The lowest BCUT2D eigenvalue weighted by molar-refractivity contribution is -0.160. The van der Waals surface area contributed by atoms with E-state index in [-0.39, 0.29) is 11.7 Å². The molecule has 0 aromatic heterocycles. The predicted octanol–water partition coefficient (Wildman–Crippen LogP) is 6.90. The first-order valence-electron chi connectivity index (χ1n) is 14.3. The zero-order valence-electron chi connectivity index (χ0n) is 25.3. The zero-order valence-corrected chi connectivity index (χ0v) is 25.3. The number of aryl methyl sites for hydroxylation is 2. The number of carboxylic acids is 1. The molecule has 0 unspecified atom stereocenters. The van der Waals surface area contributed by atoms with Crippen molar-refractivity contribution >= 4 is 17.6 Å². The Kier molecular flexibility index (Phi) is 7.79. The maximum Gasteiger partial charge on any atom is 0.337 e. The van der Waals surface area contributed by atoms with Crippen LogP contribution in [0.3, 0.4) is 0 Å². The standard InChI is InChI=1S/C34H38FNO6/c1-18-10-11-21(40-7)16-24(18)32(37)36-13-12-23-27(36)15-19(2)28(31(33(38)39)42-34(4,5)6)29(23)25-17-26(35)30-22(20(25)3)9-8-14-41-30/h10-11,15-17,31H,8-9,12-14H2,1-7H3,(H,38,39)/t31-/m0/s1. The quantitative estimate of drug-likeness (QED) is 0.344. The van der Waals surface area contributed by atoms with E-state index in [9.17, 15) is 14.7 Å². The molecule has 0 radical (unpaired) electrons. The van der Waals surface area contributed by atoms with Crippen LogP contribution in [0.5, 0.6) is 11.5 Å². The second-order valence-corrected chi connectivity index (χ2v) is 12.1. The molecule has 2 heterocycles. The number of halogens is 1. The zero-order chi connectivity index (χ0) is 30.5. The van der Waals surface area contributed by atoms with Gasteiger partial charge in [-0.3, -0.25) is 4.79 Å². The van der Waals surface area contributed by atoms with Gasteiger partial charge in [0.1, 0.15) is 5.75 Å². The molecule has 0 bridgehead atoms. The molecular weight excluding hydrogens is 537 g/mol. The number of hydrogen-bond donors (Lipinski definition) is 1. The van der Waals surface area contributed by atoms with Crippen LogP contribution < -0.4 is 14.4 Å². The molecule has 0 spiro atoms. The van der Waals surface area contributed by atoms with Gasteiger partial charge in [-0.05, 0) is 118 Å². The lowest BCUT2D eigenvalue weighted by Crippen LogP contribution is -2.30. The summed E-state index contributed by atoms with van der Waals surface area (Å²) in [6.45, 7) is 11.9. The second kappa shape index (κ2) is 11.1. The van der Waals surface area contributed by atoms with Crippen LogP contribution in [0.15, 0.2) is 30.3 Å². The lowest BCUT2D eigenvalue weighted by Gasteiger charge is -2.30. The van der Waals surface area contributed by atoms with E-state index >= 15 is 4.39 Å². The van der Waals surface area contributed by atoms with E-state index in [1.165, 1.54) is 6.07 Å². The molecule has 1 amide bonds. The number of hydrogen-bond acceptors (Lipinski definition) is 5. The van der Waals surface area contributed by atoms with Crippen LogP contribution in [-0.2, 0) is 22.4 Å². The molecule has 8 heteroatoms. The third-order valence-electron chi connectivity index (χ3n) is 8.12. The minimum Gasteiger partial charge on any atom is -0.497 e. The number of ether oxygens (including phenoxy) is 3. The molecule has 3 aromatic rings. The van der Waals surface area contributed by atoms with Gasteiger partial charge in [0.2, 0.25) is 0 Å². The third-order valence-corrected chi connectivity index (χ3v) is 8.12. The molecule has 0 saturated heterocycles. The highest BCUT2D eigenvalue weighted by Crippen LogP contribution is 2.48. The lowest BCUT2D eigenvalue weighted by atomic mass is 9.83. The van der Waals surface area contributed by atoms with Gasteiger partial charge < -0.3 is 24.2 Å². The van der Waals surface area contributed by atoms with Crippen LogP contribution in [0.25, 0.3) is 11.1 Å². The molecule has 3 aromatic carbocycles. The number of anilines is 1. The Balaban J connectivity index is 1.77. The normalized spacial score (nSPS) is 15.1. The highest BCUT2D eigenvalue weighted by molar-refractivity contribution is 6.09. The van der Waals surface area contributed by atoms with Gasteiger partial charge >= 0.3 is 5.97 Å². The van der Waals surface area contributed by atoms with E-state index in [1.807, 2.05) is 59.7 Å². The van der Waals surface area contributed by atoms with E-state index < -0.39 is 23.5 Å². The Morgan fingerprint density at radius 2 is 1.79 bits per heavy atom. The van der Waals surface area contributed by atoms with Crippen molar-refractivity contribution in [2.45, 2.75) is 72.5 Å². The van der Waals surface area contributed by atoms with Crippen molar-refractivity contribution in [1.82, 2.24) is 0 Å². The number of amides is 1. The molecule has 1 N–H and O–H groups in total. The Morgan fingerprint density at radius 3 is 2.45 bits per heavy atom. The van der Waals surface area contributed by atoms with Crippen molar-refractivity contribution in [3.8, 4) is 22.6 Å². The summed E-state index contributed by atoms with van der Waals surface area (Å²) >= 11 is 0. The van der Waals surface area contributed by atoms with Crippen molar-refractivity contribution in [2.24, 2.45) is 0 Å². The van der Waals surface area contributed by atoms with Crippen molar-refractivity contribution in [1.29, 1.82) is 0 Å². The molecular formula is C34H38FNO6. The molecule has 0 fully saturated rings. The molecule has 42 heavy (non-hydrogen) atoms. The first-order chi connectivity index (χ1) is 19.8. The fourth-order valence-electron chi connectivity index (χ4n) is 6.16.